The Morgan fingerprint density at radius 2 is 1.86 bits per heavy atom. The Labute approximate surface area is 124 Å². The van der Waals surface area contributed by atoms with Gasteiger partial charge in [0.05, 0.1) is 11.3 Å². The van der Waals surface area contributed by atoms with Gasteiger partial charge < -0.3 is 10.3 Å². The lowest BCUT2D eigenvalue weighted by Crippen LogP contribution is -2.21. The summed E-state index contributed by atoms with van der Waals surface area (Å²) in [6.45, 7) is 1.54. The molecule has 2 aromatic heterocycles. The summed E-state index contributed by atoms with van der Waals surface area (Å²) in [5.74, 6) is -1.16. The number of pyridine rings is 2. The van der Waals surface area contributed by atoms with Gasteiger partial charge in [0.2, 0.25) is 0 Å². The fraction of sp³-hybridized carbons (Fsp3) is 0.0625. The van der Waals surface area contributed by atoms with Gasteiger partial charge >= 0.3 is 5.97 Å². The highest BCUT2D eigenvalue weighted by Gasteiger charge is 2.15. The standard InChI is InChI=1S/C16H12N2O4/c1-9-14-11(8-13(17-9)16(20)21)7-12(15(19)18(14)22)10-5-3-2-4-6-10/h2-8,22H,1H3,(H,20,21). The average molecular weight is 296 g/mol. The quantitative estimate of drug-likeness (QED) is 0.708. The van der Waals surface area contributed by atoms with Crippen molar-refractivity contribution in [3.05, 3.63) is 64.2 Å². The summed E-state index contributed by atoms with van der Waals surface area (Å²) in [5.41, 5.74) is 0.694. The van der Waals surface area contributed by atoms with Crippen molar-refractivity contribution in [2.45, 2.75) is 6.92 Å². The number of benzene rings is 1. The molecule has 1 aromatic carbocycles. The Morgan fingerprint density at radius 3 is 2.50 bits per heavy atom. The molecule has 6 nitrogen and oxygen atoms in total. The van der Waals surface area contributed by atoms with Crippen LogP contribution in [0.4, 0.5) is 0 Å². The molecule has 2 N–H and O–H groups in total. The van der Waals surface area contributed by atoms with Gasteiger partial charge in [0.1, 0.15) is 11.2 Å². The zero-order valence-electron chi connectivity index (χ0n) is 11.6. The Kier molecular flexibility index (Phi) is 3.14. The maximum atomic E-state index is 12.3. The third kappa shape index (κ3) is 2.10. The normalized spacial score (nSPS) is 10.8. The van der Waals surface area contributed by atoms with Crippen LogP contribution < -0.4 is 5.56 Å². The van der Waals surface area contributed by atoms with E-state index in [9.17, 15) is 14.8 Å². The maximum Gasteiger partial charge on any atom is 0.354 e. The molecule has 0 unspecified atom stereocenters. The van der Waals surface area contributed by atoms with Gasteiger partial charge in [0, 0.05) is 5.39 Å². The van der Waals surface area contributed by atoms with Crippen LogP contribution in [0.3, 0.4) is 0 Å². The molecule has 0 aliphatic heterocycles. The van der Waals surface area contributed by atoms with Crippen LogP contribution in [-0.2, 0) is 0 Å². The number of rotatable bonds is 2. The molecule has 3 rings (SSSR count). The predicted molar refractivity (Wildman–Crippen MR) is 80.3 cm³/mol. The lowest BCUT2D eigenvalue weighted by Gasteiger charge is -2.10. The molecule has 0 fully saturated rings. The van der Waals surface area contributed by atoms with Crippen molar-refractivity contribution in [3.8, 4) is 11.1 Å². The minimum absolute atomic E-state index is 0.136. The van der Waals surface area contributed by atoms with Crippen molar-refractivity contribution >= 4 is 16.9 Å². The third-order valence-corrected chi connectivity index (χ3v) is 3.43. The van der Waals surface area contributed by atoms with Gasteiger partial charge in [-0.15, -0.1) is 4.73 Å². The van der Waals surface area contributed by atoms with E-state index < -0.39 is 11.5 Å². The van der Waals surface area contributed by atoms with Crippen molar-refractivity contribution in [2.75, 3.05) is 0 Å². The Balaban J connectivity index is 2.40. The molecule has 0 bridgehead atoms. The van der Waals surface area contributed by atoms with Gasteiger partial charge in [-0.25, -0.2) is 9.78 Å². The van der Waals surface area contributed by atoms with Crippen LogP contribution in [0.25, 0.3) is 22.0 Å². The van der Waals surface area contributed by atoms with E-state index in [1.807, 2.05) is 6.07 Å². The largest absolute Gasteiger partial charge is 0.477 e. The molecule has 0 amide bonds. The summed E-state index contributed by atoms with van der Waals surface area (Å²) in [5, 5.41) is 19.6. The second-order valence-electron chi connectivity index (χ2n) is 4.88. The molecular weight excluding hydrogens is 284 g/mol. The van der Waals surface area contributed by atoms with Gasteiger partial charge in [-0.1, -0.05) is 30.3 Å². The van der Waals surface area contributed by atoms with Crippen LogP contribution in [-0.4, -0.2) is 26.0 Å². The number of aryl methyl sites for hydroxylation is 1. The van der Waals surface area contributed by atoms with Crippen LogP contribution in [0, 0.1) is 6.92 Å². The van der Waals surface area contributed by atoms with Crippen LogP contribution in [0.2, 0.25) is 0 Å². The zero-order valence-corrected chi connectivity index (χ0v) is 11.6. The van der Waals surface area contributed by atoms with E-state index in [0.717, 1.165) is 0 Å². The first-order valence-electron chi connectivity index (χ1n) is 6.54. The number of hydrogen-bond acceptors (Lipinski definition) is 4. The first-order valence-corrected chi connectivity index (χ1v) is 6.54. The molecule has 0 aliphatic rings. The second-order valence-corrected chi connectivity index (χ2v) is 4.88. The number of carbonyl (C=O) groups is 1. The predicted octanol–water partition coefficient (Wildman–Crippen LogP) is 2.31. The van der Waals surface area contributed by atoms with Crippen molar-refractivity contribution < 1.29 is 15.1 Å². The minimum Gasteiger partial charge on any atom is -0.477 e. The number of nitrogens with zero attached hydrogens (tertiary/aromatic N) is 2. The number of aromatic carboxylic acids is 1. The highest BCUT2D eigenvalue weighted by atomic mass is 16.5. The molecule has 3 aromatic rings. The van der Waals surface area contributed by atoms with Crippen LogP contribution in [0.5, 0.6) is 0 Å². The maximum absolute atomic E-state index is 12.3. The highest BCUT2D eigenvalue weighted by Crippen LogP contribution is 2.22. The molecule has 0 saturated carbocycles. The summed E-state index contributed by atoms with van der Waals surface area (Å²) in [4.78, 5) is 27.3. The van der Waals surface area contributed by atoms with E-state index in [2.05, 4.69) is 4.98 Å². The second kappa shape index (κ2) is 5.00. The van der Waals surface area contributed by atoms with E-state index in [1.54, 1.807) is 37.3 Å². The van der Waals surface area contributed by atoms with Crippen molar-refractivity contribution in [2.24, 2.45) is 0 Å². The number of aromatic nitrogens is 2. The summed E-state index contributed by atoms with van der Waals surface area (Å²) >= 11 is 0. The molecule has 2 heterocycles. The summed E-state index contributed by atoms with van der Waals surface area (Å²) < 4.78 is 0.519. The van der Waals surface area contributed by atoms with Crippen molar-refractivity contribution in [1.29, 1.82) is 0 Å². The lowest BCUT2D eigenvalue weighted by atomic mass is 10.0. The topological polar surface area (TPSA) is 92.4 Å². The summed E-state index contributed by atoms with van der Waals surface area (Å²) in [7, 11) is 0. The summed E-state index contributed by atoms with van der Waals surface area (Å²) in [6.07, 6.45) is 0. The van der Waals surface area contributed by atoms with Gasteiger partial charge in [0.25, 0.3) is 5.56 Å². The van der Waals surface area contributed by atoms with Crippen molar-refractivity contribution in [1.82, 2.24) is 9.71 Å². The van der Waals surface area contributed by atoms with E-state index in [1.165, 1.54) is 6.07 Å². The van der Waals surface area contributed by atoms with E-state index >= 15 is 0 Å². The molecule has 0 aliphatic carbocycles. The number of hydrogen-bond donors (Lipinski definition) is 2. The molecule has 0 radical (unpaired) electrons. The minimum atomic E-state index is -1.16. The average Bonchev–Trinajstić information content (AvgIpc) is 2.51. The fourth-order valence-electron chi connectivity index (χ4n) is 2.44. The lowest BCUT2D eigenvalue weighted by molar-refractivity contribution is 0.0690. The Bertz CT molecular complexity index is 946. The fourth-order valence-corrected chi connectivity index (χ4v) is 2.44. The highest BCUT2D eigenvalue weighted by molar-refractivity contribution is 5.93. The molecule has 0 saturated heterocycles. The Morgan fingerprint density at radius 1 is 1.18 bits per heavy atom. The molecule has 110 valence electrons. The molecule has 6 heteroatoms. The Hall–Kier alpha value is -3.15. The first-order chi connectivity index (χ1) is 10.5. The summed E-state index contributed by atoms with van der Waals surface area (Å²) in [6, 6.07) is 11.8. The van der Waals surface area contributed by atoms with Crippen LogP contribution in [0.1, 0.15) is 16.2 Å². The zero-order chi connectivity index (χ0) is 15.9. The number of fused-ring (bicyclic) bond motifs is 1. The first kappa shape index (κ1) is 13.8. The molecular formula is C16H12N2O4. The molecule has 0 spiro atoms. The van der Waals surface area contributed by atoms with Gasteiger partial charge in [-0.05, 0) is 24.6 Å². The smallest absolute Gasteiger partial charge is 0.354 e. The van der Waals surface area contributed by atoms with E-state index in [0.29, 0.717) is 15.7 Å². The van der Waals surface area contributed by atoms with Crippen LogP contribution in [0.15, 0.2) is 47.3 Å². The van der Waals surface area contributed by atoms with Gasteiger partial charge in [-0.3, -0.25) is 4.79 Å². The van der Waals surface area contributed by atoms with E-state index in [4.69, 9.17) is 5.11 Å². The molecule has 0 atom stereocenters. The molecule has 22 heavy (non-hydrogen) atoms. The van der Waals surface area contributed by atoms with Crippen molar-refractivity contribution in [3.63, 3.8) is 0 Å². The monoisotopic (exact) mass is 296 g/mol. The van der Waals surface area contributed by atoms with Crippen LogP contribution >= 0.6 is 0 Å². The van der Waals surface area contributed by atoms with Gasteiger partial charge in [0.15, 0.2) is 0 Å². The SMILES string of the molecule is Cc1nc(C(=O)O)cc2cc(-c3ccccc3)c(=O)n(O)c12. The third-order valence-electron chi connectivity index (χ3n) is 3.43. The number of carboxylic acids is 1. The van der Waals surface area contributed by atoms with Gasteiger partial charge in [-0.2, -0.15) is 0 Å². The number of carboxylic acid groups (broad SMARTS) is 1. The van der Waals surface area contributed by atoms with E-state index in [-0.39, 0.29) is 22.5 Å².